The van der Waals surface area contributed by atoms with Gasteiger partial charge in [0.1, 0.15) is 42.3 Å². The summed E-state index contributed by atoms with van der Waals surface area (Å²) in [7, 11) is 12.7. The van der Waals surface area contributed by atoms with Gasteiger partial charge in [-0.25, -0.2) is 27.4 Å². The summed E-state index contributed by atoms with van der Waals surface area (Å²) in [5.41, 5.74) is 44.0. The van der Waals surface area contributed by atoms with Crippen molar-refractivity contribution in [1.29, 1.82) is 0 Å². The molecule has 21 rings (SSSR count). The van der Waals surface area contributed by atoms with Gasteiger partial charge in [-0.2, -0.15) is 0 Å². The zero-order chi connectivity index (χ0) is 101. The van der Waals surface area contributed by atoms with Crippen molar-refractivity contribution in [2.75, 3.05) is 0 Å². The molecule has 6 atom stereocenters. The van der Waals surface area contributed by atoms with Crippen molar-refractivity contribution in [3.05, 3.63) is 317 Å². The Hall–Kier alpha value is -9.78. The molecule has 9 aliphatic rings. The average molecular weight is 1730 g/mol. The van der Waals surface area contributed by atoms with Gasteiger partial charge >= 0.3 is 0 Å². The Morgan fingerprint density at radius 3 is 1.17 bits per heavy atom. The van der Waals surface area contributed by atoms with Gasteiger partial charge in [0.25, 0.3) is 0 Å². The molecule has 0 N–H and O–H groups in total. The van der Waals surface area contributed by atoms with Crippen molar-refractivity contribution < 1.29 is 41.1 Å². The Bertz CT molecular complexity index is 6910. The lowest BCUT2D eigenvalue weighted by molar-refractivity contribution is -0.661. The Labute approximate surface area is 792 Å². The number of pyridine rings is 6. The molecule has 672 valence electrons. The van der Waals surface area contributed by atoms with Gasteiger partial charge in [0.2, 0.25) is 34.2 Å². The molecule has 6 heterocycles. The molecule has 6 heteroatoms. The molecule has 6 unspecified atom stereocenters. The molecule has 3 saturated carbocycles. The Balaban J connectivity index is 0.000000121. The second kappa shape index (κ2) is 34.4. The number of fused-ring (bicyclic) bond motifs is 18. The van der Waals surface area contributed by atoms with Gasteiger partial charge < -0.3 is 0 Å². The number of aryl methyl sites for hydroxylation is 17. The standard InChI is InChI=1S/C22H30N.C21H26N.2C21H28N.2C19H22N/c1-15-8-9-17(16(2)12-15)20-13-18-19(14-23(20)7)22(5,6)11-10-21(18,3)4;1-13-6-7-15(14(2)12-13)20-19-16(10-11-22(20)5)17-8-9-18(19)21(17,3)4;1-14-8-9-16(15(2)12-14)19-18-17(10-11-22(19)7)20(3,4)13-21(18,5)6;1-15-9-7-8-10-16(15)19-13-17-18(14-22(19)6)21(4,5)12-11-20(17,2)3;2*1-12-4-7-16(13(2)10-12)19-18-15-6-5-14(11-15)17(18)8-9-20(19)3/h8-9,12-14H,10-11H2,1-7H3;6-7,10-12,17-18H,8-9H2,1-5H3;8-12H,13H2,1-7H3;7-10,13-14H,11-12H2,1-6H3;2*4,7-10,14-15H,5-6,11H2,1-3H3/q6*+1/i;1D3,17D,18D;;;1D3,14D,15D;. The van der Waals surface area contributed by atoms with Gasteiger partial charge in [0.05, 0.1) is 0 Å². The number of nitrogens with zero attached hydrogens (tertiary/aromatic N) is 6. The first-order valence-corrected chi connectivity index (χ1v) is 48.3. The molecule has 6 aromatic carbocycles. The molecule has 0 saturated heterocycles. The van der Waals surface area contributed by atoms with E-state index in [4.69, 9.17) is 11.0 Å². The molecule has 129 heavy (non-hydrogen) atoms. The van der Waals surface area contributed by atoms with Gasteiger partial charge in [0.15, 0.2) is 37.2 Å². The monoisotopic (exact) mass is 1730 g/mol. The maximum Gasteiger partial charge on any atom is 0.216 e. The van der Waals surface area contributed by atoms with Gasteiger partial charge in [0, 0.05) is 117 Å². The van der Waals surface area contributed by atoms with E-state index >= 15 is 0 Å². The molecule has 0 radical (unpaired) electrons. The molecule has 6 aromatic heterocycles. The van der Waals surface area contributed by atoms with E-state index in [9.17, 15) is 2.74 Å². The van der Waals surface area contributed by atoms with Gasteiger partial charge in [-0.15, -0.1) is 0 Å². The second-order valence-electron chi connectivity index (χ2n) is 45.0. The minimum atomic E-state index is -2.13. The highest BCUT2D eigenvalue weighted by atomic mass is 15.0. The van der Waals surface area contributed by atoms with Crippen LogP contribution in [0, 0.1) is 81.4 Å². The van der Waals surface area contributed by atoms with E-state index in [-0.39, 0.29) is 32.5 Å². The minimum Gasteiger partial charge on any atom is -0.201 e. The van der Waals surface area contributed by atoms with Crippen LogP contribution >= 0.6 is 0 Å². The van der Waals surface area contributed by atoms with E-state index in [1.807, 2.05) is 87.6 Å². The van der Waals surface area contributed by atoms with Gasteiger partial charge in [-0.05, 0) is 336 Å². The number of hydrogen-bond donors (Lipinski definition) is 0. The van der Waals surface area contributed by atoms with Crippen LogP contribution in [0.1, 0.15) is 357 Å². The zero-order valence-electron chi connectivity index (χ0n) is 93.9. The van der Waals surface area contributed by atoms with Crippen molar-refractivity contribution in [1.82, 2.24) is 0 Å². The normalized spacial score (nSPS) is 24.6. The molecule has 12 aromatic rings. The Morgan fingerprint density at radius 2 is 0.682 bits per heavy atom. The molecular weight excluding hydrogens is 1560 g/mol. The Morgan fingerprint density at radius 1 is 0.295 bits per heavy atom. The summed E-state index contributed by atoms with van der Waals surface area (Å²) in [6, 6.07) is 53.2. The number of hydrogen-bond acceptors (Lipinski definition) is 0. The minimum absolute atomic E-state index is 0.213. The molecule has 0 spiro atoms. The van der Waals surface area contributed by atoms with E-state index in [0.717, 1.165) is 74.2 Å². The van der Waals surface area contributed by atoms with Crippen LogP contribution in [0.2, 0.25) is 0 Å². The van der Waals surface area contributed by atoms with E-state index in [2.05, 4.69) is 306 Å². The smallest absolute Gasteiger partial charge is 0.201 e. The van der Waals surface area contributed by atoms with Crippen LogP contribution in [0.25, 0.3) is 67.5 Å². The summed E-state index contributed by atoms with van der Waals surface area (Å²) < 4.78 is 95.4. The molecule has 3 fully saturated rings. The maximum atomic E-state index is 9.36. The largest absolute Gasteiger partial charge is 0.216 e. The van der Waals surface area contributed by atoms with Crippen molar-refractivity contribution >= 4 is 0 Å². The third-order valence-corrected chi connectivity index (χ3v) is 32.1. The fraction of sp³-hybridized carbons (Fsp3) is 0.463. The van der Waals surface area contributed by atoms with Crippen LogP contribution in [0.3, 0.4) is 0 Å². The lowest BCUT2D eigenvalue weighted by atomic mass is 9.63. The van der Waals surface area contributed by atoms with Crippen LogP contribution in [-0.4, -0.2) is 0 Å². The predicted octanol–water partition coefficient (Wildman–Crippen LogP) is 27.8. The summed E-state index contributed by atoms with van der Waals surface area (Å²) in [5, 5.41) is 0. The third kappa shape index (κ3) is 17.1. The zero-order valence-corrected chi connectivity index (χ0v) is 83.9. The van der Waals surface area contributed by atoms with Crippen molar-refractivity contribution in [2.24, 2.45) is 47.7 Å². The molecule has 6 bridgehead atoms. The summed E-state index contributed by atoms with van der Waals surface area (Å²) in [5.74, 6) is -1.28. The molecule has 0 aliphatic heterocycles. The summed E-state index contributed by atoms with van der Waals surface area (Å²) >= 11 is 0. The lowest BCUT2D eigenvalue weighted by Gasteiger charge is -2.40. The first-order chi connectivity index (χ1) is 64.5. The second-order valence-corrected chi connectivity index (χ2v) is 45.0. The van der Waals surface area contributed by atoms with Crippen molar-refractivity contribution in [3.8, 4) is 67.5 Å². The highest BCUT2D eigenvalue weighted by Gasteiger charge is 2.55. The maximum absolute atomic E-state index is 9.36. The summed E-state index contributed by atoms with van der Waals surface area (Å²) in [6.45, 7) is 47.8. The molecule has 6 nitrogen and oxygen atoms in total. The van der Waals surface area contributed by atoms with Crippen molar-refractivity contribution in [3.63, 3.8) is 0 Å². The first kappa shape index (κ1) is 80.1. The number of aromatic nitrogens is 6. The lowest BCUT2D eigenvalue weighted by Crippen LogP contribution is -2.40. The van der Waals surface area contributed by atoms with Crippen LogP contribution in [-0.2, 0) is 74.8 Å². The molecular formula is C123H156N6+6. The van der Waals surface area contributed by atoms with Crippen LogP contribution in [0.4, 0.5) is 0 Å². The van der Waals surface area contributed by atoms with E-state index in [1.165, 1.54) is 169 Å². The highest BCUT2D eigenvalue weighted by Crippen LogP contribution is 2.66. The number of benzene rings is 6. The van der Waals surface area contributed by atoms with Crippen LogP contribution < -0.4 is 27.4 Å². The van der Waals surface area contributed by atoms with E-state index < -0.39 is 42.7 Å². The fourth-order valence-corrected chi connectivity index (χ4v) is 24.9. The topological polar surface area (TPSA) is 23.3 Å². The summed E-state index contributed by atoms with van der Waals surface area (Å²) in [4.78, 5) is 0. The third-order valence-electron chi connectivity index (χ3n) is 32.1. The number of rotatable bonds is 6. The Kier molecular flexibility index (Phi) is 21.4. The van der Waals surface area contributed by atoms with Crippen LogP contribution in [0.15, 0.2) is 189 Å². The van der Waals surface area contributed by atoms with Crippen molar-refractivity contribution in [2.45, 2.75) is 324 Å². The van der Waals surface area contributed by atoms with E-state index in [0.29, 0.717) is 36.8 Å². The highest BCUT2D eigenvalue weighted by molar-refractivity contribution is 5.74. The van der Waals surface area contributed by atoms with Crippen LogP contribution in [0.5, 0.6) is 0 Å². The van der Waals surface area contributed by atoms with Gasteiger partial charge in [-0.1, -0.05) is 204 Å². The molecule has 9 aliphatic carbocycles. The SMILES string of the molecule is Cc1ccc(-c2c3c(cc[n+]2C)C(C)(C)CC3(C)C)c(C)c1.Cc1ccc(-c2c3c(cc[n+]2C)C2CCC3C2)c(C)c1.Cc1ccc(-c2cc3c(c[n+]2C)C(C)(C)CCC3(C)C)c(C)c1.Cc1ccccc1-c1cc2c(c[n+]1C)C(C)(C)CCC2(C)C.[2H]C([2H])([2H])c1ccc(-c2c3c(cc[n+]2C)C2([2H])CCC3([2H])C2(C)C)c(C)c1.[2H]C([2H])([2H])c1ccc(-c2c3c(cc[n+]2C)C2([2H])CCC3([2H])C2)c(C)c1. The fourth-order valence-electron chi connectivity index (χ4n) is 24.9. The van der Waals surface area contributed by atoms with E-state index in [1.54, 1.807) is 35.4 Å². The quantitative estimate of drug-likeness (QED) is 0.148. The summed E-state index contributed by atoms with van der Waals surface area (Å²) in [6.07, 6.45) is 27.0. The average Bonchev–Trinajstić information content (AvgIpc) is 1.49. The van der Waals surface area contributed by atoms with Gasteiger partial charge in [-0.3, -0.25) is 0 Å². The molecule has 0 amide bonds. The first-order valence-electron chi connectivity index (χ1n) is 53.3. The predicted molar refractivity (Wildman–Crippen MR) is 539 cm³/mol.